The maximum atomic E-state index is 15.1. The Morgan fingerprint density at radius 3 is 2.47 bits per heavy atom. The van der Waals surface area contributed by atoms with Crippen LogP contribution in [0.1, 0.15) is 36.6 Å². The van der Waals surface area contributed by atoms with Crippen molar-refractivity contribution in [2.45, 2.75) is 69.6 Å². The van der Waals surface area contributed by atoms with Gasteiger partial charge in [0.2, 0.25) is 5.91 Å². The highest BCUT2D eigenvalue weighted by Gasteiger charge is 2.66. The van der Waals surface area contributed by atoms with Crippen molar-refractivity contribution >= 4 is 42.1 Å². The lowest BCUT2D eigenvalue weighted by molar-refractivity contribution is -0.385. The van der Waals surface area contributed by atoms with Gasteiger partial charge in [-0.15, -0.1) is 5.10 Å². The SMILES string of the molecule is COc1ccc([Si](C)(C)[C@H]2[C@H](CCn3cc(CCO)nn3)O[C@@]3(C(=O)N(Cc4ccc(N5CCC5=O)cc4)c4ccc([N+](=O)[O-])cc43)[C@@H]2C)cc1. The van der Waals surface area contributed by atoms with Crippen LogP contribution in [0, 0.1) is 16.0 Å². The van der Waals surface area contributed by atoms with Crippen molar-refractivity contribution in [1.82, 2.24) is 15.0 Å². The summed E-state index contributed by atoms with van der Waals surface area (Å²) in [5.41, 5.74) is 1.83. The van der Waals surface area contributed by atoms with E-state index < -0.39 is 24.7 Å². The number of β-lactam (4-membered cyclic amide) rings is 1. The number of hydrogen-bond acceptors (Lipinski definition) is 9. The summed E-state index contributed by atoms with van der Waals surface area (Å²) in [7, 11) is -0.811. The van der Waals surface area contributed by atoms with E-state index in [0.29, 0.717) is 49.3 Å². The van der Waals surface area contributed by atoms with Crippen LogP contribution in [0.2, 0.25) is 18.6 Å². The first-order valence-electron chi connectivity index (χ1n) is 17.3. The fourth-order valence-corrected chi connectivity index (χ4v) is 12.4. The van der Waals surface area contributed by atoms with Crippen LogP contribution in [0.4, 0.5) is 17.1 Å². The van der Waals surface area contributed by atoms with Gasteiger partial charge in [0, 0.05) is 68.0 Å². The summed E-state index contributed by atoms with van der Waals surface area (Å²) in [5.74, 6) is 0.252. The monoisotopic (exact) mass is 710 g/mol. The number of fused-ring (bicyclic) bond motifs is 2. The van der Waals surface area contributed by atoms with Crippen molar-refractivity contribution < 1.29 is 29.1 Å². The molecular formula is C37H42N6O7Si. The van der Waals surface area contributed by atoms with Gasteiger partial charge in [0.1, 0.15) is 5.75 Å². The number of anilines is 2. The second-order valence-electron chi connectivity index (χ2n) is 14.2. The Labute approximate surface area is 296 Å². The summed E-state index contributed by atoms with van der Waals surface area (Å²) in [4.78, 5) is 42.2. The molecule has 3 aliphatic heterocycles. The lowest BCUT2D eigenvalue weighted by atomic mass is 9.82. The van der Waals surface area contributed by atoms with Crippen molar-refractivity contribution in [3.63, 3.8) is 0 Å². The first kappa shape index (κ1) is 34.5. The second-order valence-corrected chi connectivity index (χ2v) is 18.9. The molecule has 266 valence electrons. The summed E-state index contributed by atoms with van der Waals surface area (Å²) < 4.78 is 14.3. The molecule has 0 aliphatic carbocycles. The molecule has 2 fully saturated rings. The molecule has 4 aromatic rings. The molecule has 2 saturated heterocycles. The van der Waals surface area contributed by atoms with Gasteiger partial charge >= 0.3 is 0 Å². The molecule has 4 atom stereocenters. The first-order valence-corrected chi connectivity index (χ1v) is 20.4. The molecule has 13 nitrogen and oxygen atoms in total. The number of aliphatic hydroxyl groups excluding tert-OH is 1. The van der Waals surface area contributed by atoms with Crippen LogP contribution in [0.25, 0.3) is 0 Å². The molecule has 1 aromatic heterocycles. The summed E-state index contributed by atoms with van der Waals surface area (Å²) >= 11 is 0. The van der Waals surface area contributed by atoms with Crippen LogP contribution in [-0.4, -0.2) is 71.3 Å². The minimum Gasteiger partial charge on any atom is -0.497 e. The van der Waals surface area contributed by atoms with E-state index in [1.807, 2.05) is 42.6 Å². The zero-order valence-corrected chi connectivity index (χ0v) is 30.2. The van der Waals surface area contributed by atoms with Crippen LogP contribution in [-0.2, 0) is 39.4 Å². The molecule has 0 bridgehead atoms. The zero-order valence-electron chi connectivity index (χ0n) is 29.2. The average molecular weight is 711 g/mol. The van der Waals surface area contributed by atoms with Crippen molar-refractivity contribution in [1.29, 1.82) is 0 Å². The van der Waals surface area contributed by atoms with Gasteiger partial charge < -0.3 is 24.4 Å². The van der Waals surface area contributed by atoms with E-state index >= 15 is 4.79 Å². The Bertz CT molecular complexity index is 1970. The van der Waals surface area contributed by atoms with Gasteiger partial charge in [0.05, 0.1) is 44.1 Å². The van der Waals surface area contributed by atoms with Crippen molar-refractivity contribution in [2.75, 3.05) is 30.1 Å². The number of nitro benzene ring substituents is 1. The quantitative estimate of drug-likeness (QED) is 0.0981. The number of carbonyl (C=O) groups excluding carboxylic acids is 2. The Morgan fingerprint density at radius 1 is 1.10 bits per heavy atom. The normalized spacial score (nSPS) is 22.8. The zero-order chi connectivity index (χ0) is 36.1. The fraction of sp³-hybridized carbons (Fsp3) is 0.405. The number of amides is 2. The lowest BCUT2D eigenvalue weighted by Gasteiger charge is -2.37. The molecule has 0 unspecified atom stereocenters. The molecule has 7 rings (SSSR count). The summed E-state index contributed by atoms with van der Waals surface area (Å²) in [6.45, 7) is 8.00. The van der Waals surface area contributed by atoms with E-state index in [2.05, 4.69) is 42.5 Å². The highest BCUT2D eigenvalue weighted by Crippen LogP contribution is 2.60. The number of methoxy groups -OCH3 is 1. The number of hydrogen-bond donors (Lipinski definition) is 1. The number of ether oxygens (including phenoxy) is 2. The number of non-ortho nitro benzene ring substituents is 1. The maximum Gasteiger partial charge on any atom is 0.269 e. The Morgan fingerprint density at radius 2 is 1.84 bits per heavy atom. The molecular weight excluding hydrogens is 669 g/mol. The summed E-state index contributed by atoms with van der Waals surface area (Å²) in [5, 5.41) is 31.1. The molecule has 1 spiro atoms. The standard InChI is InChI=1S/C37H42N6O7Si/c1-24-35(51(3,4)30-12-10-29(49-2)11-13-30)33(15-18-40-23-26(17-20-44)38-39-40)50-37(24)31-21-28(43(47)48)9-14-32(31)42(36(37)46)22-25-5-7-27(8-6-25)41-19-16-34(41)45/h5-14,21,23-24,33,35,44H,15-20,22H2,1-4H3/t24-,33+,35-,37+/m1/s1. The first-order chi connectivity index (χ1) is 24.5. The fourth-order valence-electron chi connectivity index (χ4n) is 8.33. The van der Waals surface area contributed by atoms with Crippen LogP contribution in [0.15, 0.2) is 72.9 Å². The van der Waals surface area contributed by atoms with E-state index in [9.17, 15) is 20.0 Å². The van der Waals surface area contributed by atoms with E-state index in [4.69, 9.17) is 9.47 Å². The molecule has 51 heavy (non-hydrogen) atoms. The number of rotatable bonds is 12. The van der Waals surface area contributed by atoms with Crippen LogP contribution in [0.3, 0.4) is 0 Å². The van der Waals surface area contributed by atoms with Crippen molar-refractivity contribution in [2.24, 2.45) is 5.92 Å². The number of aliphatic hydroxyl groups is 1. The molecule has 1 N–H and O–H groups in total. The van der Waals surface area contributed by atoms with E-state index in [0.717, 1.165) is 17.0 Å². The summed E-state index contributed by atoms with van der Waals surface area (Å²) in [6.07, 6.45) is 2.89. The van der Waals surface area contributed by atoms with Gasteiger partial charge in [-0.3, -0.25) is 24.4 Å². The molecule has 0 radical (unpaired) electrons. The van der Waals surface area contributed by atoms with Gasteiger partial charge in [-0.2, -0.15) is 0 Å². The average Bonchev–Trinajstić information content (AvgIpc) is 3.77. The van der Waals surface area contributed by atoms with Crippen LogP contribution in [0.5, 0.6) is 5.75 Å². The predicted molar refractivity (Wildman–Crippen MR) is 193 cm³/mol. The third-order valence-electron chi connectivity index (χ3n) is 11.1. The number of aromatic nitrogens is 3. The smallest absolute Gasteiger partial charge is 0.269 e. The third kappa shape index (κ3) is 5.90. The molecule has 3 aliphatic rings. The van der Waals surface area contributed by atoms with Gasteiger partial charge in [0.25, 0.3) is 11.6 Å². The Balaban J connectivity index is 1.28. The molecule has 14 heteroatoms. The summed E-state index contributed by atoms with van der Waals surface area (Å²) in [6, 6.07) is 20.3. The minimum absolute atomic E-state index is 0.0272. The second kappa shape index (κ2) is 13.3. The maximum absolute atomic E-state index is 15.1. The molecule has 0 saturated carbocycles. The number of carbonyl (C=O) groups is 2. The Kier molecular flexibility index (Phi) is 9.02. The largest absolute Gasteiger partial charge is 0.497 e. The van der Waals surface area contributed by atoms with E-state index in [1.54, 1.807) is 27.7 Å². The van der Waals surface area contributed by atoms with E-state index in [1.165, 1.54) is 17.3 Å². The third-order valence-corrected chi connectivity index (χ3v) is 15.4. The van der Waals surface area contributed by atoms with Gasteiger partial charge in [0.15, 0.2) is 5.60 Å². The minimum atomic E-state index is -2.45. The van der Waals surface area contributed by atoms with E-state index in [-0.39, 0.29) is 42.1 Å². The van der Waals surface area contributed by atoms with Crippen LogP contribution < -0.4 is 19.7 Å². The highest BCUT2D eigenvalue weighted by molar-refractivity contribution is 6.91. The number of aryl methyl sites for hydroxylation is 1. The van der Waals surface area contributed by atoms with Crippen molar-refractivity contribution in [3.05, 3.63) is 99.9 Å². The number of benzene rings is 3. The van der Waals surface area contributed by atoms with Gasteiger partial charge in [-0.1, -0.05) is 54.7 Å². The number of nitro groups is 1. The van der Waals surface area contributed by atoms with Gasteiger partial charge in [-0.05, 0) is 47.9 Å². The predicted octanol–water partition coefficient (Wildman–Crippen LogP) is 4.32. The molecule has 3 aromatic carbocycles. The molecule has 2 amide bonds. The topological polar surface area (TPSA) is 153 Å². The lowest BCUT2D eigenvalue weighted by Crippen LogP contribution is -2.51. The highest BCUT2D eigenvalue weighted by atomic mass is 28.3. The van der Waals surface area contributed by atoms with Gasteiger partial charge in [-0.25, -0.2) is 0 Å². The Hall–Kier alpha value is -4.92. The number of nitrogens with zero attached hydrogens (tertiary/aromatic N) is 6. The van der Waals surface area contributed by atoms with Crippen LogP contribution >= 0.6 is 0 Å². The van der Waals surface area contributed by atoms with Crippen molar-refractivity contribution in [3.8, 4) is 5.75 Å². The molecule has 4 heterocycles.